The Bertz CT molecular complexity index is 1320. The van der Waals surface area contributed by atoms with Crippen LogP contribution in [-0.2, 0) is 42.9 Å². The monoisotopic (exact) mass is 721 g/mol. The van der Waals surface area contributed by atoms with Crippen LogP contribution in [-0.4, -0.2) is 115 Å². The zero-order chi connectivity index (χ0) is 38.4. The summed E-state index contributed by atoms with van der Waals surface area (Å²) in [5.41, 5.74) is 7.26. The third-order valence-electron chi connectivity index (χ3n) is 11.0. The molecule has 3 rings (SSSR count). The van der Waals surface area contributed by atoms with Crippen molar-refractivity contribution in [3.63, 3.8) is 0 Å². The number of azide groups is 1. The number of carbonyl (C=O) groups is 5. The van der Waals surface area contributed by atoms with Crippen molar-refractivity contribution in [2.45, 2.75) is 143 Å². The summed E-state index contributed by atoms with van der Waals surface area (Å²) in [7, 11) is 3.77. The number of fused-ring (bicyclic) bond motifs is 1. The number of cyclic esters (lactones) is 1. The molecule has 0 saturated carbocycles. The number of ether oxygens (including phenoxy) is 5. The molecule has 0 spiro atoms. The highest BCUT2D eigenvalue weighted by atomic mass is 16.7. The summed E-state index contributed by atoms with van der Waals surface area (Å²) >= 11 is 0. The first-order valence-electron chi connectivity index (χ1n) is 18.3. The SMILES string of the molecule is CCC1OC(=O)C(C)C(=O)C(C)[C@@H](OC2OC(C)CC(N(C)C)C2OC(C)=O)C(C)C[C@@H](C)C(=O)[C@H](C)[C@H]2N(CCCCN=[N+]=[N-])C(=O)O[C@]12C. The number of unbranched alkanes of at least 4 members (excludes halogenated alkanes) is 1. The molecule has 0 aromatic rings. The Kier molecular flexibility index (Phi) is 14.9. The number of rotatable bonds is 10. The molecule has 8 unspecified atom stereocenters. The molecular weight excluding hydrogens is 662 g/mol. The molecule has 1 amide bonds. The Labute approximate surface area is 302 Å². The molecule has 13 atom stereocenters. The quantitative estimate of drug-likeness (QED) is 0.0557. The first kappa shape index (κ1) is 42.2. The topological polar surface area (TPSA) is 187 Å². The van der Waals surface area contributed by atoms with Crippen LogP contribution in [0.1, 0.15) is 94.4 Å². The van der Waals surface area contributed by atoms with E-state index in [1.807, 2.05) is 39.8 Å². The number of hydrogen-bond donors (Lipinski definition) is 0. The van der Waals surface area contributed by atoms with Gasteiger partial charge in [0.25, 0.3) is 0 Å². The number of likely N-dealkylation sites (N-methyl/N-ethyl adjacent to an activating group) is 1. The second-order valence-electron chi connectivity index (χ2n) is 15.2. The Hall–Kier alpha value is -3.26. The summed E-state index contributed by atoms with van der Waals surface area (Å²) in [4.78, 5) is 74.2. The third kappa shape index (κ3) is 9.60. The van der Waals surface area contributed by atoms with Crippen LogP contribution >= 0.6 is 0 Å². The maximum absolute atomic E-state index is 14.3. The minimum atomic E-state index is -1.39. The molecule has 0 aromatic carbocycles. The molecule has 3 aliphatic heterocycles. The van der Waals surface area contributed by atoms with E-state index in [4.69, 9.17) is 29.2 Å². The molecule has 0 bridgehead atoms. The van der Waals surface area contributed by atoms with Crippen molar-refractivity contribution < 1.29 is 47.7 Å². The molecule has 3 fully saturated rings. The fraction of sp³-hybridized carbons (Fsp3) is 0.861. The predicted octanol–water partition coefficient (Wildman–Crippen LogP) is 5.08. The molecule has 15 nitrogen and oxygen atoms in total. The van der Waals surface area contributed by atoms with Gasteiger partial charge in [0.15, 0.2) is 23.8 Å². The van der Waals surface area contributed by atoms with Crippen molar-refractivity contribution in [3.05, 3.63) is 10.4 Å². The van der Waals surface area contributed by atoms with Crippen LogP contribution in [0.2, 0.25) is 0 Å². The van der Waals surface area contributed by atoms with E-state index >= 15 is 0 Å². The van der Waals surface area contributed by atoms with E-state index < -0.39 is 89.6 Å². The van der Waals surface area contributed by atoms with Gasteiger partial charge in [-0.3, -0.25) is 19.2 Å². The Balaban J connectivity index is 2.05. The van der Waals surface area contributed by atoms with Crippen LogP contribution in [0.4, 0.5) is 4.79 Å². The first-order valence-corrected chi connectivity index (χ1v) is 18.3. The minimum Gasteiger partial charge on any atom is -0.458 e. The highest BCUT2D eigenvalue weighted by molar-refractivity contribution is 6.00. The molecular formula is C36H59N5O10. The van der Waals surface area contributed by atoms with Crippen molar-refractivity contribution in [2.24, 2.45) is 34.7 Å². The van der Waals surface area contributed by atoms with Crippen molar-refractivity contribution >= 4 is 29.6 Å². The van der Waals surface area contributed by atoms with Crippen LogP contribution in [0.25, 0.3) is 10.4 Å². The number of hydrogen-bond acceptors (Lipinski definition) is 12. The van der Waals surface area contributed by atoms with E-state index in [-0.39, 0.29) is 37.4 Å². The number of ketones is 2. The fourth-order valence-corrected chi connectivity index (χ4v) is 8.28. The van der Waals surface area contributed by atoms with Gasteiger partial charge in [0.2, 0.25) is 0 Å². The summed E-state index contributed by atoms with van der Waals surface area (Å²) in [5, 5.41) is 3.57. The largest absolute Gasteiger partial charge is 0.458 e. The maximum atomic E-state index is 14.3. The van der Waals surface area contributed by atoms with Gasteiger partial charge in [0, 0.05) is 42.7 Å². The van der Waals surface area contributed by atoms with Crippen LogP contribution in [0.5, 0.6) is 0 Å². The Morgan fingerprint density at radius 2 is 1.69 bits per heavy atom. The zero-order valence-corrected chi connectivity index (χ0v) is 32.2. The zero-order valence-electron chi connectivity index (χ0n) is 32.2. The number of Topliss-reactive ketones (excluding diaryl/α,β-unsaturated/α-hetero) is 2. The highest BCUT2D eigenvalue weighted by Crippen LogP contribution is 2.42. The molecule has 288 valence electrons. The highest BCUT2D eigenvalue weighted by Gasteiger charge is 2.59. The first-order chi connectivity index (χ1) is 23.9. The normalized spacial score (nSPS) is 38.3. The number of amides is 1. The molecule has 51 heavy (non-hydrogen) atoms. The third-order valence-corrected chi connectivity index (χ3v) is 11.0. The van der Waals surface area contributed by atoms with Crippen LogP contribution < -0.4 is 0 Å². The number of nitrogens with zero attached hydrogens (tertiary/aromatic N) is 5. The Morgan fingerprint density at radius 3 is 2.27 bits per heavy atom. The van der Waals surface area contributed by atoms with E-state index in [1.54, 1.807) is 27.7 Å². The van der Waals surface area contributed by atoms with Gasteiger partial charge in [-0.25, -0.2) is 4.79 Å². The van der Waals surface area contributed by atoms with Crippen LogP contribution in [0.15, 0.2) is 5.11 Å². The van der Waals surface area contributed by atoms with E-state index in [1.165, 1.54) is 18.7 Å². The molecule has 3 aliphatic rings. The van der Waals surface area contributed by atoms with E-state index in [2.05, 4.69) is 10.0 Å². The lowest BCUT2D eigenvalue weighted by atomic mass is 9.74. The van der Waals surface area contributed by atoms with Gasteiger partial charge in [-0.2, -0.15) is 0 Å². The second-order valence-corrected chi connectivity index (χ2v) is 15.2. The van der Waals surface area contributed by atoms with Crippen molar-refractivity contribution in [2.75, 3.05) is 27.2 Å². The average Bonchev–Trinajstić information content (AvgIpc) is 3.33. The lowest BCUT2D eigenvalue weighted by Crippen LogP contribution is -2.58. The summed E-state index contributed by atoms with van der Waals surface area (Å²) in [5.74, 6) is -5.47. The van der Waals surface area contributed by atoms with Gasteiger partial charge in [-0.15, -0.1) is 0 Å². The van der Waals surface area contributed by atoms with Crippen molar-refractivity contribution in [1.29, 1.82) is 0 Å². The lowest BCUT2D eigenvalue weighted by Gasteiger charge is -2.45. The summed E-state index contributed by atoms with van der Waals surface area (Å²) in [6.45, 7) is 15.9. The van der Waals surface area contributed by atoms with Gasteiger partial charge >= 0.3 is 18.0 Å². The number of carbonyl (C=O) groups excluding carboxylic acids is 5. The molecule has 0 N–H and O–H groups in total. The van der Waals surface area contributed by atoms with E-state index in [9.17, 15) is 24.0 Å². The summed E-state index contributed by atoms with van der Waals surface area (Å²) in [6.07, 6.45) is -2.28. The molecule has 15 heteroatoms. The molecule has 0 aromatic heterocycles. The maximum Gasteiger partial charge on any atom is 0.410 e. The fourth-order valence-electron chi connectivity index (χ4n) is 8.28. The van der Waals surface area contributed by atoms with E-state index in [0.717, 1.165) is 0 Å². The Morgan fingerprint density at radius 1 is 1.02 bits per heavy atom. The van der Waals surface area contributed by atoms with Gasteiger partial charge in [-0.05, 0) is 78.4 Å². The standard InChI is InChI=1S/C36H59N5O10/c1-12-27-36(9)32(41(35(46)51-36)16-14-13-15-38-39-37)23(6)28(43)19(2)17-20(3)30(22(5)29(44)24(7)33(45)49-27)50-34-31(48-25(8)42)26(40(10)11)18-21(4)47-34/h19-24,26-27,30-32,34H,12-18H2,1-11H3/t19-,20?,21?,22?,23+,24?,26?,27?,30+,31?,32-,34?,36-/m1/s1. The molecule has 3 saturated heterocycles. The van der Waals surface area contributed by atoms with Crippen molar-refractivity contribution in [3.8, 4) is 0 Å². The molecule has 3 heterocycles. The smallest absolute Gasteiger partial charge is 0.410 e. The van der Waals surface area contributed by atoms with Crippen LogP contribution in [0.3, 0.4) is 0 Å². The number of esters is 2. The van der Waals surface area contributed by atoms with Gasteiger partial charge < -0.3 is 33.5 Å². The van der Waals surface area contributed by atoms with Gasteiger partial charge in [0.05, 0.1) is 24.3 Å². The molecule has 0 aliphatic carbocycles. The second kappa shape index (κ2) is 18.0. The molecule has 0 radical (unpaired) electrons. The summed E-state index contributed by atoms with van der Waals surface area (Å²) < 4.78 is 30.7. The average molecular weight is 722 g/mol. The minimum absolute atomic E-state index is 0.118. The van der Waals surface area contributed by atoms with Gasteiger partial charge in [0.1, 0.15) is 17.8 Å². The lowest BCUT2D eigenvalue weighted by molar-refractivity contribution is -0.282. The van der Waals surface area contributed by atoms with E-state index in [0.29, 0.717) is 25.7 Å². The van der Waals surface area contributed by atoms with Gasteiger partial charge in [-0.1, -0.05) is 39.7 Å². The summed E-state index contributed by atoms with van der Waals surface area (Å²) in [6, 6.07) is -1.01. The van der Waals surface area contributed by atoms with Crippen LogP contribution in [0, 0.1) is 29.6 Å². The van der Waals surface area contributed by atoms with Crippen molar-refractivity contribution in [1.82, 2.24) is 9.80 Å². The predicted molar refractivity (Wildman–Crippen MR) is 186 cm³/mol.